The average Bonchev–Trinajstić information content (AvgIpc) is 3.24. The minimum absolute atomic E-state index is 0.0408. The molecule has 2 atom stereocenters. The van der Waals surface area contributed by atoms with Gasteiger partial charge in [-0.3, -0.25) is 4.79 Å². The maximum Gasteiger partial charge on any atom is 0.291 e. The molecular weight excluding hydrogens is 480 g/mol. The summed E-state index contributed by atoms with van der Waals surface area (Å²) in [7, 11) is 1.83. The van der Waals surface area contributed by atoms with Crippen LogP contribution in [0.4, 0.5) is 5.69 Å². The minimum atomic E-state index is -1.12. The van der Waals surface area contributed by atoms with E-state index in [-0.39, 0.29) is 18.7 Å². The van der Waals surface area contributed by atoms with Crippen LogP contribution in [0, 0.1) is 0 Å². The molecule has 0 radical (unpaired) electrons. The van der Waals surface area contributed by atoms with Crippen LogP contribution < -0.4 is 10.5 Å². The standard InChI is InChI=1S/C30H32N4O4/c1-3-33(22-14-8-5-9-15-22)29(36)27-26-24-16-10-11-17-25(24)32(2)28(26)30(37)34(31-27)18-23(35)20-38-19-21-12-6-4-7-13-21/h4-17,23,29,35-36H,3,18-20H2,1-2H3/t23-,29?/m1/s1. The normalized spacial score (nSPS) is 13.2. The van der Waals surface area contributed by atoms with Crippen molar-refractivity contribution < 1.29 is 14.9 Å². The number of nitrogens with zero attached hydrogens (tertiary/aromatic N) is 4. The van der Waals surface area contributed by atoms with Gasteiger partial charge in [0.05, 0.1) is 25.9 Å². The van der Waals surface area contributed by atoms with Crippen molar-refractivity contribution in [1.82, 2.24) is 14.3 Å². The number of rotatable bonds is 10. The van der Waals surface area contributed by atoms with Crippen molar-refractivity contribution in [3.63, 3.8) is 0 Å². The molecule has 2 heterocycles. The Labute approximate surface area is 220 Å². The second-order valence-electron chi connectivity index (χ2n) is 9.32. The first kappa shape index (κ1) is 25.7. The van der Waals surface area contributed by atoms with E-state index in [9.17, 15) is 15.0 Å². The quantitative estimate of drug-likeness (QED) is 0.275. The number of ether oxygens (including phenoxy) is 1. The molecule has 8 nitrogen and oxygen atoms in total. The number of aliphatic hydroxyl groups excluding tert-OH is 2. The Hall–Kier alpha value is -3.98. The second kappa shape index (κ2) is 11.2. The van der Waals surface area contributed by atoms with E-state index in [1.165, 1.54) is 4.68 Å². The molecule has 0 fully saturated rings. The van der Waals surface area contributed by atoms with Crippen molar-refractivity contribution in [2.45, 2.75) is 32.4 Å². The summed E-state index contributed by atoms with van der Waals surface area (Å²) >= 11 is 0. The van der Waals surface area contributed by atoms with E-state index in [0.717, 1.165) is 22.2 Å². The highest BCUT2D eigenvalue weighted by Gasteiger charge is 2.27. The number of aliphatic hydroxyl groups is 2. The van der Waals surface area contributed by atoms with Gasteiger partial charge >= 0.3 is 0 Å². The number of benzene rings is 3. The fraction of sp³-hybridized carbons (Fsp3) is 0.267. The van der Waals surface area contributed by atoms with Crippen LogP contribution in [0.2, 0.25) is 0 Å². The van der Waals surface area contributed by atoms with E-state index in [4.69, 9.17) is 4.74 Å². The van der Waals surface area contributed by atoms with Gasteiger partial charge in [-0.1, -0.05) is 66.7 Å². The highest BCUT2D eigenvalue weighted by molar-refractivity contribution is 6.09. The van der Waals surface area contributed by atoms with E-state index in [0.29, 0.717) is 29.7 Å². The van der Waals surface area contributed by atoms with Crippen LogP contribution in [0.1, 0.15) is 24.4 Å². The average molecular weight is 513 g/mol. The van der Waals surface area contributed by atoms with E-state index in [1.807, 2.05) is 108 Å². The zero-order valence-electron chi connectivity index (χ0n) is 21.6. The summed E-state index contributed by atoms with van der Waals surface area (Å²) in [6.45, 7) is 2.81. The Morgan fingerprint density at radius 2 is 1.61 bits per heavy atom. The first-order valence-electron chi connectivity index (χ1n) is 12.8. The molecule has 5 rings (SSSR count). The Morgan fingerprint density at radius 1 is 0.947 bits per heavy atom. The van der Waals surface area contributed by atoms with Crippen molar-refractivity contribution in [2.24, 2.45) is 7.05 Å². The van der Waals surface area contributed by atoms with Crippen LogP contribution in [0.3, 0.4) is 0 Å². The summed E-state index contributed by atoms with van der Waals surface area (Å²) in [5, 5.41) is 28.5. The van der Waals surface area contributed by atoms with E-state index >= 15 is 0 Å². The molecule has 0 saturated carbocycles. The fourth-order valence-electron chi connectivity index (χ4n) is 4.96. The molecule has 0 bridgehead atoms. The number of aryl methyl sites for hydroxylation is 1. The number of aromatic nitrogens is 3. The maximum atomic E-state index is 13.7. The number of fused-ring (bicyclic) bond motifs is 3. The Kier molecular flexibility index (Phi) is 7.55. The van der Waals surface area contributed by atoms with Crippen molar-refractivity contribution >= 4 is 27.5 Å². The van der Waals surface area contributed by atoms with Crippen LogP contribution in [0.15, 0.2) is 89.7 Å². The molecule has 0 aliphatic rings. The summed E-state index contributed by atoms with van der Waals surface area (Å²) in [6.07, 6.45) is -2.08. The van der Waals surface area contributed by atoms with Crippen molar-refractivity contribution in [1.29, 1.82) is 0 Å². The summed E-state index contributed by atoms with van der Waals surface area (Å²) < 4.78 is 8.76. The fourth-order valence-corrected chi connectivity index (χ4v) is 4.96. The van der Waals surface area contributed by atoms with Gasteiger partial charge in [0.15, 0.2) is 6.23 Å². The molecule has 1 unspecified atom stereocenters. The molecule has 2 N–H and O–H groups in total. The minimum Gasteiger partial charge on any atom is -0.389 e. The van der Waals surface area contributed by atoms with Gasteiger partial charge in [-0.05, 0) is 30.7 Å². The number of para-hydroxylation sites is 2. The highest BCUT2D eigenvalue weighted by Crippen LogP contribution is 2.33. The van der Waals surface area contributed by atoms with Crippen LogP contribution in [0.5, 0.6) is 0 Å². The summed E-state index contributed by atoms with van der Waals surface area (Å²) in [4.78, 5) is 15.5. The molecule has 0 amide bonds. The molecule has 38 heavy (non-hydrogen) atoms. The molecule has 0 aliphatic heterocycles. The van der Waals surface area contributed by atoms with E-state index in [1.54, 1.807) is 0 Å². The highest BCUT2D eigenvalue weighted by atomic mass is 16.5. The third-order valence-corrected chi connectivity index (χ3v) is 6.80. The molecule has 0 aliphatic carbocycles. The van der Waals surface area contributed by atoms with Gasteiger partial charge in [-0.15, -0.1) is 0 Å². The molecule has 8 heteroatoms. The molecule has 0 saturated heterocycles. The van der Waals surface area contributed by atoms with Crippen molar-refractivity contribution in [3.8, 4) is 0 Å². The van der Waals surface area contributed by atoms with Gasteiger partial charge < -0.3 is 24.4 Å². The van der Waals surface area contributed by atoms with Gasteiger partial charge in [0.25, 0.3) is 5.56 Å². The zero-order chi connectivity index (χ0) is 26.6. The Balaban J connectivity index is 1.54. The first-order valence-corrected chi connectivity index (χ1v) is 12.8. The van der Waals surface area contributed by atoms with Crippen LogP contribution in [-0.4, -0.2) is 43.8 Å². The maximum absolute atomic E-state index is 13.7. The monoisotopic (exact) mass is 512 g/mol. The van der Waals surface area contributed by atoms with E-state index in [2.05, 4.69) is 5.10 Å². The lowest BCUT2D eigenvalue weighted by Gasteiger charge is -2.29. The summed E-state index contributed by atoms with van der Waals surface area (Å²) in [5.74, 6) is 0. The molecule has 3 aromatic carbocycles. The van der Waals surface area contributed by atoms with Gasteiger partial charge in [0.2, 0.25) is 0 Å². The Morgan fingerprint density at radius 3 is 2.32 bits per heavy atom. The molecule has 2 aromatic heterocycles. The molecular formula is C30H32N4O4. The van der Waals surface area contributed by atoms with E-state index < -0.39 is 12.3 Å². The smallest absolute Gasteiger partial charge is 0.291 e. The van der Waals surface area contributed by atoms with Gasteiger partial charge in [-0.25, -0.2) is 4.68 Å². The number of hydrogen-bond acceptors (Lipinski definition) is 6. The van der Waals surface area contributed by atoms with Gasteiger partial charge in [0, 0.05) is 35.6 Å². The lowest BCUT2D eigenvalue weighted by molar-refractivity contribution is 0.0177. The molecule has 196 valence electrons. The first-order chi connectivity index (χ1) is 18.5. The van der Waals surface area contributed by atoms with Crippen LogP contribution in [0.25, 0.3) is 21.8 Å². The topological polar surface area (TPSA) is 92.8 Å². The van der Waals surface area contributed by atoms with Crippen LogP contribution >= 0.6 is 0 Å². The largest absolute Gasteiger partial charge is 0.389 e. The predicted octanol–water partition coefficient (Wildman–Crippen LogP) is 3.98. The lowest BCUT2D eigenvalue weighted by Crippen LogP contribution is -2.35. The Bertz CT molecular complexity index is 1580. The summed E-state index contributed by atoms with van der Waals surface area (Å²) in [5.41, 5.74) is 3.15. The lowest BCUT2D eigenvalue weighted by atomic mass is 10.1. The molecule has 0 spiro atoms. The van der Waals surface area contributed by atoms with Gasteiger partial charge in [-0.2, -0.15) is 5.10 Å². The predicted molar refractivity (Wildman–Crippen MR) is 149 cm³/mol. The zero-order valence-corrected chi connectivity index (χ0v) is 21.6. The van der Waals surface area contributed by atoms with Crippen molar-refractivity contribution in [2.75, 3.05) is 18.1 Å². The molecule has 5 aromatic rings. The third kappa shape index (κ3) is 4.93. The van der Waals surface area contributed by atoms with Crippen molar-refractivity contribution in [3.05, 3.63) is 107 Å². The van der Waals surface area contributed by atoms with Gasteiger partial charge in [0.1, 0.15) is 11.2 Å². The summed E-state index contributed by atoms with van der Waals surface area (Å²) in [6, 6.07) is 27.0. The second-order valence-corrected chi connectivity index (χ2v) is 9.32. The number of anilines is 1. The van der Waals surface area contributed by atoms with Crippen LogP contribution in [-0.2, 0) is 24.9 Å². The number of hydrogen-bond donors (Lipinski definition) is 2. The SMILES string of the molecule is CCN(c1ccccc1)C(O)c1nn(C[C@@H](O)COCc2ccccc2)c(=O)c2c1c1ccccc1n2C. The third-order valence-electron chi connectivity index (χ3n) is 6.80.